The van der Waals surface area contributed by atoms with Crippen LogP contribution in [0.4, 0.5) is 0 Å². The van der Waals surface area contributed by atoms with Crippen LogP contribution in [-0.4, -0.2) is 35.6 Å². The summed E-state index contributed by atoms with van der Waals surface area (Å²) in [5.74, 6) is -4.44. The van der Waals surface area contributed by atoms with Crippen molar-refractivity contribution in [2.24, 2.45) is 0 Å². The van der Waals surface area contributed by atoms with E-state index in [0.717, 1.165) is 12.1 Å². The third kappa shape index (κ3) is 2.22. The molecule has 2 aliphatic rings. The Morgan fingerprint density at radius 2 is 1.68 bits per heavy atom. The molecular formula is C15H10O9S. The first kappa shape index (κ1) is 15.7. The van der Waals surface area contributed by atoms with Crippen LogP contribution in [0.3, 0.4) is 0 Å². The highest BCUT2D eigenvalue weighted by Gasteiger charge is 2.63. The maximum atomic E-state index is 12.7. The molecule has 2 aromatic carbocycles. The smallest absolute Gasteiger partial charge is 0.404 e. The summed E-state index contributed by atoms with van der Waals surface area (Å²) in [5.41, 5.74) is -0.254. The molecule has 0 amide bonds. The molecule has 130 valence electrons. The Labute approximate surface area is 140 Å². The number of benzene rings is 2. The standard InChI is InChI=1S/C15H10O9S/c16-8-3-1-7(2-4-8)15-14(23-25(20,21)24-15)13(19)12-10(18)5-9(17)6-11(12)22-15/h1-6,14,16-18H. The quantitative estimate of drug-likeness (QED) is 0.671. The monoisotopic (exact) mass is 366 g/mol. The fourth-order valence-corrected chi connectivity index (χ4v) is 3.85. The average Bonchev–Trinajstić information content (AvgIpc) is 2.79. The lowest BCUT2D eigenvalue weighted by Gasteiger charge is -2.35. The minimum Gasteiger partial charge on any atom is -0.508 e. The fourth-order valence-electron chi connectivity index (χ4n) is 2.84. The molecule has 2 heterocycles. The van der Waals surface area contributed by atoms with Crippen molar-refractivity contribution in [1.82, 2.24) is 0 Å². The lowest BCUT2D eigenvalue weighted by molar-refractivity contribution is -0.134. The molecule has 25 heavy (non-hydrogen) atoms. The summed E-state index contributed by atoms with van der Waals surface area (Å²) < 4.78 is 39.0. The van der Waals surface area contributed by atoms with Crippen LogP contribution in [0.15, 0.2) is 36.4 Å². The second kappa shape index (κ2) is 4.85. The van der Waals surface area contributed by atoms with Crippen LogP contribution in [0, 0.1) is 0 Å². The molecule has 0 saturated carbocycles. The van der Waals surface area contributed by atoms with E-state index in [1.807, 2.05) is 0 Å². The number of phenols is 3. The first-order valence-corrected chi connectivity index (χ1v) is 8.28. The van der Waals surface area contributed by atoms with Gasteiger partial charge in [0.2, 0.25) is 11.9 Å². The van der Waals surface area contributed by atoms with Gasteiger partial charge in [0.05, 0.1) is 0 Å². The number of ketones is 1. The Morgan fingerprint density at radius 1 is 1.00 bits per heavy atom. The van der Waals surface area contributed by atoms with Crippen molar-refractivity contribution >= 4 is 16.2 Å². The first-order valence-electron chi connectivity index (χ1n) is 6.94. The molecule has 0 spiro atoms. The van der Waals surface area contributed by atoms with Crippen LogP contribution in [0.2, 0.25) is 0 Å². The molecular weight excluding hydrogens is 356 g/mol. The predicted octanol–water partition coefficient (Wildman–Crippen LogP) is 0.892. The average molecular weight is 366 g/mol. The summed E-state index contributed by atoms with van der Waals surface area (Å²) in [6.07, 6.45) is -1.75. The van der Waals surface area contributed by atoms with Gasteiger partial charge in [-0.1, -0.05) is 0 Å². The summed E-state index contributed by atoms with van der Waals surface area (Å²) in [6.45, 7) is 0. The molecule has 9 nitrogen and oxygen atoms in total. The molecule has 0 aliphatic carbocycles. The van der Waals surface area contributed by atoms with Crippen molar-refractivity contribution in [3.8, 4) is 23.0 Å². The maximum Gasteiger partial charge on any atom is 0.404 e. The van der Waals surface area contributed by atoms with E-state index < -0.39 is 39.6 Å². The zero-order chi connectivity index (χ0) is 18.0. The molecule has 1 saturated heterocycles. The number of phenolic OH excluding ortho intramolecular Hbond substituents is 3. The summed E-state index contributed by atoms with van der Waals surface area (Å²) in [4.78, 5) is 12.7. The number of Topliss-reactive ketones (excluding diaryl/α,β-unsaturated/α-hetero) is 1. The van der Waals surface area contributed by atoms with Gasteiger partial charge >= 0.3 is 10.4 Å². The lowest BCUT2D eigenvalue weighted by atomic mass is 9.90. The number of rotatable bonds is 1. The number of aromatic hydroxyl groups is 3. The summed E-state index contributed by atoms with van der Waals surface area (Å²) in [6, 6.07) is 7.05. The Balaban J connectivity index is 1.97. The number of carbonyl (C=O) groups excluding carboxylic acids is 1. The summed E-state index contributed by atoms with van der Waals surface area (Å²) in [7, 11) is -4.57. The molecule has 3 N–H and O–H groups in total. The Morgan fingerprint density at radius 3 is 2.36 bits per heavy atom. The third-order valence-corrected chi connectivity index (χ3v) is 4.75. The molecule has 10 heteroatoms. The highest BCUT2D eigenvalue weighted by atomic mass is 32.3. The molecule has 0 bridgehead atoms. The molecule has 2 aliphatic heterocycles. The van der Waals surface area contributed by atoms with E-state index in [2.05, 4.69) is 0 Å². The number of fused-ring (bicyclic) bond motifs is 2. The van der Waals surface area contributed by atoms with Crippen LogP contribution in [0.5, 0.6) is 23.0 Å². The molecule has 4 rings (SSSR count). The summed E-state index contributed by atoms with van der Waals surface area (Å²) in [5, 5.41) is 28.9. The number of ether oxygens (including phenoxy) is 1. The van der Waals surface area contributed by atoms with Gasteiger partial charge in [-0.2, -0.15) is 12.6 Å². The number of hydrogen-bond acceptors (Lipinski definition) is 9. The minimum atomic E-state index is -4.57. The van der Waals surface area contributed by atoms with Crippen molar-refractivity contribution in [2.45, 2.75) is 11.9 Å². The molecule has 2 atom stereocenters. The van der Waals surface area contributed by atoms with E-state index in [0.29, 0.717) is 0 Å². The second-order valence-electron chi connectivity index (χ2n) is 5.49. The van der Waals surface area contributed by atoms with Gasteiger partial charge in [0.25, 0.3) is 5.79 Å². The first-order chi connectivity index (χ1) is 11.7. The topological polar surface area (TPSA) is 140 Å². The van der Waals surface area contributed by atoms with Gasteiger partial charge in [-0.25, -0.2) is 4.18 Å². The molecule has 2 aromatic rings. The van der Waals surface area contributed by atoms with E-state index in [-0.39, 0.29) is 22.6 Å². The van der Waals surface area contributed by atoms with Crippen LogP contribution < -0.4 is 4.74 Å². The van der Waals surface area contributed by atoms with E-state index in [1.165, 1.54) is 24.3 Å². The van der Waals surface area contributed by atoms with Gasteiger partial charge in [-0.05, 0) is 24.3 Å². The van der Waals surface area contributed by atoms with Gasteiger partial charge in [0.15, 0.2) is 0 Å². The number of carbonyl (C=O) groups is 1. The van der Waals surface area contributed by atoms with Crippen molar-refractivity contribution in [3.63, 3.8) is 0 Å². The van der Waals surface area contributed by atoms with E-state index >= 15 is 0 Å². The minimum absolute atomic E-state index is 0.0817. The SMILES string of the molecule is O=C1c2c(O)cc(O)cc2OC2(c3ccc(O)cc3)OS(=O)(=O)OC12. The highest BCUT2D eigenvalue weighted by molar-refractivity contribution is 7.82. The third-order valence-electron chi connectivity index (χ3n) is 3.87. The van der Waals surface area contributed by atoms with Gasteiger partial charge in [0.1, 0.15) is 28.6 Å². The normalized spacial score (nSPS) is 26.6. The van der Waals surface area contributed by atoms with Crippen LogP contribution in [0.25, 0.3) is 0 Å². The van der Waals surface area contributed by atoms with Crippen LogP contribution in [-0.2, 0) is 24.6 Å². The van der Waals surface area contributed by atoms with Crippen molar-refractivity contribution in [3.05, 3.63) is 47.5 Å². The zero-order valence-corrected chi connectivity index (χ0v) is 13.1. The zero-order valence-electron chi connectivity index (χ0n) is 12.2. The number of hydrogen-bond donors (Lipinski definition) is 3. The molecule has 1 fully saturated rings. The molecule has 0 radical (unpaired) electrons. The van der Waals surface area contributed by atoms with E-state index in [4.69, 9.17) is 13.1 Å². The van der Waals surface area contributed by atoms with Crippen molar-refractivity contribution in [2.75, 3.05) is 0 Å². The fraction of sp³-hybridized carbons (Fsp3) is 0.133. The van der Waals surface area contributed by atoms with Gasteiger partial charge in [-0.3, -0.25) is 4.79 Å². The second-order valence-corrected chi connectivity index (χ2v) is 6.66. The van der Waals surface area contributed by atoms with Gasteiger partial charge in [0, 0.05) is 17.7 Å². The Hall–Kier alpha value is -2.82. The van der Waals surface area contributed by atoms with Crippen LogP contribution in [0.1, 0.15) is 15.9 Å². The molecule has 0 aromatic heterocycles. The predicted molar refractivity (Wildman–Crippen MR) is 79.4 cm³/mol. The van der Waals surface area contributed by atoms with Gasteiger partial charge in [-0.15, -0.1) is 0 Å². The highest BCUT2D eigenvalue weighted by Crippen LogP contribution is 2.50. The maximum absolute atomic E-state index is 12.7. The summed E-state index contributed by atoms with van der Waals surface area (Å²) >= 11 is 0. The van der Waals surface area contributed by atoms with E-state index in [9.17, 15) is 28.5 Å². The van der Waals surface area contributed by atoms with Crippen LogP contribution >= 0.6 is 0 Å². The van der Waals surface area contributed by atoms with E-state index in [1.54, 1.807) is 0 Å². The van der Waals surface area contributed by atoms with Crippen molar-refractivity contribution in [1.29, 1.82) is 0 Å². The molecule has 2 unspecified atom stereocenters. The van der Waals surface area contributed by atoms with Crippen molar-refractivity contribution < 1.29 is 41.6 Å². The Bertz CT molecular complexity index is 996. The largest absolute Gasteiger partial charge is 0.508 e. The Kier molecular flexibility index (Phi) is 3.04. The lowest BCUT2D eigenvalue weighted by Crippen LogP contribution is -2.50. The van der Waals surface area contributed by atoms with Gasteiger partial charge < -0.3 is 20.1 Å².